The first-order valence-corrected chi connectivity index (χ1v) is 21.4. The summed E-state index contributed by atoms with van der Waals surface area (Å²) < 4.78 is 68.4. The summed E-state index contributed by atoms with van der Waals surface area (Å²) in [6, 6.07) is 47.0. The van der Waals surface area contributed by atoms with Crippen LogP contribution in [0.4, 0.5) is 40.3 Å². The summed E-state index contributed by atoms with van der Waals surface area (Å²) in [4.78, 5) is 8.68. The number of anilines is 4. The molecule has 10 rings (SSSR count). The first kappa shape index (κ1) is 44.5. The monoisotopic (exact) mass is 1060 g/mol. The van der Waals surface area contributed by atoms with E-state index in [9.17, 15) is 17.6 Å². The molecule has 10 heteroatoms. The van der Waals surface area contributed by atoms with Crippen LogP contribution in [-0.2, 0) is 31.9 Å². The van der Waals surface area contributed by atoms with Gasteiger partial charge in [-0.2, -0.15) is 6.07 Å². The zero-order valence-corrected chi connectivity index (χ0v) is 39.2. The minimum absolute atomic E-state index is 0. The smallest absolute Gasteiger partial charge is 0.135 e. The summed E-state index contributed by atoms with van der Waals surface area (Å²) in [5.41, 5.74) is 7.50. The number of hydrogen-bond acceptors (Lipinski definition) is 4. The van der Waals surface area contributed by atoms with Gasteiger partial charge in [-0.3, -0.25) is 0 Å². The van der Waals surface area contributed by atoms with Crippen molar-refractivity contribution in [3.63, 3.8) is 0 Å². The molecule has 0 unspecified atom stereocenters. The molecule has 334 valence electrons. The number of benzene rings is 7. The molecule has 0 N–H and O–H groups in total. The van der Waals surface area contributed by atoms with Crippen molar-refractivity contribution in [3.05, 3.63) is 199 Å². The van der Waals surface area contributed by atoms with Crippen molar-refractivity contribution in [1.29, 1.82) is 0 Å². The van der Waals surface area contributed by atoms with Gasteiger partial charge in [0.25, 0.3) is 0 Å². The molecule has 0 radical (unpaired) electrons. The molecule has 5 nitrogen and oxygen atoms in total. The first-order valence-electron chi connectivity index (χ1n) is 21.4. The van der Waals surface area contributed by atoms with Gasteiger partial charge < -0.3 is 19.1 Å². The van der Waals surface area contributed by atoms with Crippen LogP contribution in [0.1, 0.15) is 52.7 Å². The minimum atomic E-state index is -0.758. The van der Waals surface area contributed by atoms with Crippen LogP contribution in [0, 0.1) is 42.1 Å². The van der Waals surface area contributed by atoms with Crippen LogP contribution in [0.5, 0.6) is 11.5 Å². The van der Waals surface area contributed by atoms with Crippen molar-refractivity contribution < 1.29 is 43.4 Å². The van der Waals surface area contributed by atoms with Gasteiger partial charge in [0.1, 0.15) is 29.1 Å². The van der Waals surface area contributed by atoms with Gasteiger partial charge in [-0.05, 0) is 87.5 Å². The molecule has 0 atom stereocenters. The zero-order valence-electron chi connectivity index (χ0n) is 37.0. The molecule has 1 aliphatic rings. The van der Waals surface area contributed by atoms with E-state index >= 15 is 0 Å². The second kappa shape index (κ2) is 16.9. The topological polar surface area (TPSA) is 33.5 Å². The van der Waals surface area contributed by atoms with Crippen LogP contribution in [0.2, 0.25) is 0 Å². The van der Waals surface area contributed by atoms with Crippen molar-refractivity contribution in [2.75, 3.05) is 9.80 Å². The Balaban J connectivity index is 0.00000548. The summed E-state index contributed by atoms with van der Waals surface area (Å²) in [6.45, 7) is 14.8. The SMILES string of the molecule is CC(C)(C)c1cc(Oc2[c-]c3c(cc2)c2ccccc2n3-c2cc(C(C)(C)C)ccn2)[c-]c(N2[CH-]N(c3c(-c4cc(F)cc(F)c4)cccc3-c3cc(F)cc(F)c3)c3ccccc32)c1.[Pt]. The van der Waals surface area contributed by atoms with Gasteiger partial charge in [-0.15, -0.1) is 53.6 Å². The second-order valence-corrected chi connectivity index (χ2v) is 18.4. The van der Waals surface area contributed by atoms with E-state index in [1.54, 1.807) is 18.2 Å². The molecule has 66 heavy (non-hydrogen) atoms. The maximum Gasteiger partial charge on any atom is 0.135 e. The van der Waals surface area contributed by atoms with E-state index < -0.39 is 23.3 Å². The normalized spacial score (nSPS) is 12.8. The third-order valence-corrected chi connectivity index (χ3v) is 11.8. The number of aromatic nitrogens is 2. The standard InChI is InChI=1S/C56H43F4N4O.Pt/c1-55(2,3)36-20-21-61-53(28-36)64-49-15-8-7-12-47(49)48-19-18-43(32-52(48)64)65-44-27-37(56(4,5)6)26-42(31-44)62-33-63(51-17-10-9-16-50(51)62)54-45(34-22-38(57)29-39(58)23-34)13-11-14-46(54)35-24-40(59)30-41(60)25-35;/h7-30,33H,1-6H3;/q-3;. The number of rotatable bonds is 7. The van der Waals surface area contributed by atoms with Gasteiger partial charge in [0.2, 0.25) is 0 Å². The maximum atomic E-state index is 14.9. The molecule has 3 heterocycles. The van der Waals surface area contributed by atoms with Gasteiger partial charge in [-0.1, -0.05) is 95.6 Å². The maximum absolute atomic E-state index is 14.9. The molecular weight excluding hydrogens is 1020 g/mol. The minimum Gasteiger partial charge on any atom is -0.509 e. The molecule has 0 saturated carbocycles. The van der Waals surface area contributed by atoms with Gasteiger partial charge in [0.15, 0.2) is 0 Å². The van der Waals surface area contributed by atoms with Crippen LogP contribution < -0.4 is 14.5 Å². The Kier molecular flexibility index (Phi) is 11.4. The molecular formula is C56H43F4N4OPt-3. The summed E-state index contributed by atoms with van der Waals surface area (Å²) in [6.07, 6.45) is 1.85. The van der Waals surface area contributed by atoms with Crippen molar-refractivity contribution >= 4 is 44.6 Å². The average Bonchev–Trinajstić information content (AvgIpc) is 3.81. The molecule has 2 aromatic heterocycles. The number of nitrogens with zero attached hydrogens (tertiary/aromatic N) is 4. The van der Waals surface area contributed by atoms with Crippen LogP contribution in [0.25, 0.3) is 49.9 Å². The van der Waals surface area contributed by atoms with Crippen molar-refractivity contribution in [1.82, 2.24) is 9.55 Å². The Morgan fingerprint density at radius 2 is 1.14 bits per heavy atom. The van der Waals surface area contributed by atoms with Crippen molar-refractivity contribution in [3.8, 4) is 39.6 Å². The van der Waals surface area contributed by atoms with E-state index in [1.165, 1.54) is 24.3 Å². The first-order chi connectivity index (χ1) is 31.1. The van der Waals surface area contributed by atoms with Gasteiger partial charge >= 0.3 is 0 Å². The van der Waals surface area contributed by atoms with Crippen LogP contribution in [0.3, 0.4) is 0 Å². The fraction of sp³-hybridized carbons (Fsp3) is 0.143. The summed E-state index contributed by atoms with van der Waals surface area (Å²) in [5.74, 6) is -1.32. The summed E-state index contributed by atoms with van der Waals surface area (Å²) in [7, 11) is 0. The van der Waals surface area contributed by atoms with E-state index in [1.807, 2.05) is 71.2 Å². The number of para-hydroxylation sites is 4. The van der Waals surface area contributed by atoms with Crippen LogP contribution in [-0.4, -0.2) is 9.55 Å². The third kappa shape index (κ3) is 8.26. The zero-order chi connectivity index (χ0) is 45.4. The van der Waals surface area contributed by atoms with E-state index in [2.05, 4.69) is 94.6 Å². The van der Waals surface area contributed by atoms with E-state index in [-0.39, 0.29) is 43.0 Å². The largest absolute Gasteiger partial charge is 0.509 e. The number of hydrogen-bond donors (Lipinski definition) is 0. The molecule has 0 saturated heterocycles. The van der Waals surface area contributed by atoms with Gasteiger partial charge in [0, 0.05) is 84.6 Å². The van der Waals surface area contributed by atoms with Crippen molar-refractivity contribution in [2.24, 2.45) is 0 Å². The van der Waals surface area contributed by atoms with Gasteiger partial charge in [0.05, 0.1) is 0 Å². The van der Waals surface area contributed by atoms with E-state index in [0.29, 0.717) is 39.7 Å². The molecule has 0 amide bonds. The fourth-order valence-corrected chi connectivity index (χ4v) is 8.61. The average molecular weight is 1060 g/mol. The molecule has 0 bridgehead atoms. The van der Waals surface area contributed by atoms with E-state index in [0.717, 1.165) is 56.6 Å². The number of ether oxygens (including phenoxy) is 1. The Morgan fingerprint density at radius 1 is 0.545 bits per heavy atom. The summed E-state index contributed by atoms with van der Waals surface area (Å²) in [5, 5.41) is 2.08. The van der Waals surface area contributed by atoms with Crippen LogP contribution >= 0.6 is 0 Å². The second-order valence-electron chi connectivity index (χ2n) is 18.4. The predicted molar refractivity (Wildman–Crippen MR) is 252 cm³/mol. The Morgan fingerprint density at radius 3 is 1.76 bits per heavy atom. The Labute approximate surface area is 396 Å². The van der Waals surface area contributed by atoms with Crippen LogP contribution in [0.15, 0.2) is 146 Å². The predicted octanol–water partition coefficient (Wildman–Crippen LogP) is 15.5. The third-order valence-electron chi connectivity index (χ3n) is 11.8. The quantitative estimate of drug-likeness (QED) is 0.118. The Bertz CT molecular complexity index is 3220. The molecule has 0 fully saturated rings. The number of halogens is 4. The van der Waals surface area contributed by atoms with Crippen molar-refractivity contribution in [2.45, 2.75) is 52.4 Å². The van der Waals surface area contributed by atoms with E-state index in [4.69, 9.17) is 9.72 Å². The molecule has 7 aromatic carbocycles. The molecule has 0 aliphatic carbocycles. The fourth-order valence-electron chi connectivity index (χ4n) is 8.61. The van der Waals surface area contributed by atoms with Gasteiger partial charge in [-0.25, -0.2) is 22.5 Å². The Hall–Kier alpha value is -6.70. The summed E-state index contributed by atoms with van der Waals surface area (Å²) >= 11 is 0. The number of pyridine rings is 1. The number of fused-ring (bicyclic) bond motifs is 4. The molecule has 1 aliphatic heterocycles. The molecule has 9 aromatic rings. The molecule has 0 spiro atoms.